The maximum Gasteiger partial charge on any atom is 0.303 e. The van der Waals surface area contributed by atoms with Gasteiger partial charge in [-0.05, 0) is 105 Å². The summed E-state index contributed by atoms with van der Waals surface area (Å²) in [7, 11) is 0. The molecule has 0 aromatic rings. The molecule has 3 heterocycles. The predicted octanol–water partition coefficient (Wildman–Crippen LogP) is 5.90. The fraction of sp³-hybridized carbons (Fsp3) is 0.902. The monoisotopic (exact) mass is 746 g/mol. The molecule has 1 spiro atoms. The Kier molecular flexibility index (Phi) is 10.5. The second kappa shape index (κ2) is 14.3. The van der Waals surface area contributed by atoms with Gasteiger partial charge in [0, 0.05) is 40.0 Å². The molecule has 18 atom stereocenters. The van der Waals surface area contributed by atoms with Crippen LogP contribution in [0.25, 0.3) is 0 Å². The van der Waals surface area contributed by atoms with Gasteiger partial charge in [0.1, 0.15) is 6.10 Å². The lowest BCUT2D eigenvalue weighted by Gasteiger charge is -2.63. The van der Waals surface area contributed by atoms with Crippen molar-refractivity contribution in [1.29, 1.82) is 0 Å². The molecule has 298 valence electrons. The zero-order valence-electron chi connectivity index (χ0n) is 33.1. The number of hydrogen-bond acceptors (Lipinski definition) is 12. The Morgan fingerprint density at radius 1 is 0.660 bits per heavy atom. The summed E-state index contributed by atoms with van der Waals surface area (Å²) in [5.41, 5.74) is -0.0238. The Hall–Kier alpha value is -2.28. The van der Waals surface area contributed by atoms with Gasteiger partial charge in [-0.2, -0.15) is 0 Å². The normalized spacial score (nSPS) is 50.2. The van der Waals surface area contributed by atoms with Crippen molar-refractivity contribution in [3.05, 3.63) is 0 Å². The van der Waals surface area contributed by atoms with E-state index in [4.69, 9.17) is 37.9 Å². The van der Waals surface area contributed by atoms with E-state index < -0.39 is 54.4 Å². The molecule has 3 saturated heterocycles. The maximum atomic E-state index is 12.6. The van der Waals surface area contributed by atoms with E-state index in [1.54, 1.807) is 6.92 Å². The number of rotatable bonds is 6. The van der Waals surface area contributed by atoms with Gasteiger partial charge in [0.15, 0.2) is 30.4 Å². The van der Waals surface area contributed by atoms with Gasteiger partial charge in [0.2, 0.25) is 0 Å². The number of carbonyl (C=O) groups is 4. The van der Waals surface area contributed by atoms with Crippen molar-refractivity contribution >= 4 is 23.9 Å². The first-order valence-corrected chi connectivity index (χ1v) is 20.3. The molecule has 0 aromatic heterocycles. The molecular weight excluding hydrogens is 684 g/mol. The average molecular weight is 747 g/mol. The van der Waals surface area contributed by atoms with E-state index in [1.165, 1.54) is 27.7 Å². The lowest BCUT2D eigenvalue weighted by molar-refractivity contribution is -0.326. The minimum atomic E-state index is -1.18. The first kappa shape index (κ1) is 39.0. The smallest absolute Gasteiger partial charge is 0.303 e. The van der Waals surface area contributed by atoms with E-state index in [0.29, 0.717) is 41.9 Å². The van der Waals surface area contributed by atoms with E-state index in [9.17, 15) is 19.2 Å². The van der Waals surface area contributed by atoms with Gasteiger partial charge in [-0.1, -0.05) is 27.7 Å². The fourth-order valence-electron chi connectivity index (χ4n) is 13.0. The molecule has 12 nitrogen and oxygen atoms in total. The second-order valence-corrected chi connectivity index (χ2v) is 18.4. The summed E-state index contributed by atoms with van der Waals surface area (Å²) in [6.45, 7) is 17.3. The van der Waals surface area contributed by atoms with Gasteiger partial charge in [0.25, 0.3) is 0 Å². The topological polar surface area (TPSA) is 142 Å². The highest BCUT2D eigenvalue weighted by Crippen LogP contribution is 2.71. The highest BCUT2D eigenvalue weighted by Gasteiger charge is 2.70. The number of esters is 4. The van der Waals surface area contributed by atoms with Crippen LogP contribution in [0, 0.1) is 52.3 Å². The van der Waals surface area contributed by atoms with Crippen molar-refractivity contribution in [1.82, 2.24) is 0 Å². The Bertz CT molecular complexity index is 1420. The molecule has 3 aliphatic heterocycles. The number of ether oxygens (including phenoxy) is 8. The van der Waals surface area contributed by atoms with Gasteiger partial charge < -0.3 is 37.9 Å². The highest BCUT2D eigenvalue weighted by molar-refractivity contribution is 5.68. The van der Waals surface area contributed by atoms with Crippen molar-refractivity contribution in [2.75, 3.05) is 6.61 Å². The molecule has 0 N–H and O–H groups in total. The second-order valence-electron chi connectivity index (χ2n) is 18.4. The number of fused-ring (bicyclic) bond motifs is 7. The zero-order chi connectivity index (χ0) is 38.2. The lowest BCUT2D eigenvalue weighted by Crippen LogP contribution is -2.64. The van der Waals surface area contributed by atoms with Crippen molar-refractivity contribution in [2.24, 2.45) is 52.3 Å². The summed E-state index contributed by atoms with van der Waals surface area (Å²) in [4.78, 5) is 49.3. The van der Waals surface area contributed by atoms with Crippen LogP contribution in [0.5, 0.6) is 0 Å². The van der Waals surface area contributed by atoms with Gasteiger partial charge in [-0.3, -0.25) is 19.2 Å². The third-order valence-electron chi connectivity index (χ3n) is 15.1. The van der Waals surface area contributed by atoms with Gasteiger partial charge >= 0.3 is 23.9 Å². The molecule has 0 amide bonds. The molecule has 4 saturated carbocycles. The van der Waals surface area contributed by atoms with E-state index in [-0.39, 0.29) is 41.0 Å². The van der Waals surface area contributed by atoms with E-state index in [0.717, 1.165) is 58.0 Å². The third-order valence-corrected chi connectivity index (χ3v) is 15.1. The molecule has 4 aliphatic carbocycles. The molecule has 12 heteroatoms. The summed E-state index contributed by atoms with van der Waals surface area (Å²) in [6, 6.07) is 0. The summed E-state index contributed by atoms with van der Waals surface area (Å²) in [5.74, 6) is -0.0624. The Morgan fingerprint density at radius 2 is 1.30 bits per heavy atom. The van der Waals surface area contributed by atoms with Crippen LogP contribution in [0.15, 0.2) is 0 Å². The minimum Gasteiger partial charge on any atom is -0.463 e. The molecule has 0 aromatic carbocycles. The zero-order valence-corrected chi connectivity index (χ0v) is 33.1. The van der Waals surface area contributed by atoms with Crippen LogP contribution in [0.3, 0.4) is 0 Å². The minimum absolute atomic E-state index is 0.0263. The maximum absolute atomic E-state index is 12.6. The van der Waals surface area contributed by atoms with Crippen molar-refractivity contribution in [3.63, 3.8) is 0 Å². The van der Waals surface area contributed by atoms with Gasteiger partial charge in [-0.25, -0.2) is 0 Å². The van der Waals surface area contributed by atoms with Crippen LogP contribution in [0.4, 0.5) is 0 Å². The summed E-state index contributed by atoms with van der Waals surface area (Å²) >= 11 is 0. The van der Waals surface area contributed by atoms with Crippen LogP contribution in [0.1, 0.15) is 120 Å². The van der Waals surface area contributed by atoms with Crippen LogP contribution in [-0.4, -0.2) is 85.3 Å². The highest BCUT2D eigenvalue weighted by atomic mass is 16.7. The molecule has 53 heavy (non-hydrogen) atoms. The van der Waals surface area contributed by atoms with Gasteiger partial charge in [0.05, 0.1) is 24.9 Å². The Morgan fingerprint density at radius 3 is 1.94 bits per heavy atom. The third kappa shape index (κ3) is 6.83. The van der Waals surface area contributed by atoms with Crippen molar-refractivity contribution in [2.45, 2.75) is 175 Å². The average Bonchev–Trinajstić information content (AvgIpc) is 3.51. The van der Waals surface area contributed by atoms with Gasteiger partial charge in [-0.15, -0.1) is 0 Å². The van der Waals surface area contributed by atoms with Crippen LogP contribution < -0.4 is 0 Å². The lowest BCUT2D eigenvalue weighted by atomic mass is 9.43. The first-order chi connectivity index (χ1) is 25.0. The van der Waals surface area contributed by atoms with Crippen LogP contribution in [0.2, 0.25) is 0 Å². The Labute approximate surface area is 314 Å². The molecule has 0 radical (unpaired) electrons. The summed E-state index contributed by atoms with van der Waals surface area (Å²) < 4.78 is 50.1. The SMILES string of the molecule is CC(=O)O[C@H]1CC[C@@]2(C)[C@H](C1)[C@@H](O[C@@H]1O[C@H](C)[C@@H](OC(C)=O)[C@H](OC(C)=O)[C@H]1OC(C)=O)C[C@@H]1[C@@H]2CC[C@]2(C)[C@@H]3[C@H](C[C@@H]12)O[C@]1(CC[C@@H](C)CO1)[C@H]3C. The Balaban J connectivity index is 1.21. The number of carbonyl (C=O) groups excluding carboxylic acids is 4. The van der Waals surface area contributed by atoms with Crippen molar-refractivity contribution in [3.8, 4) is 0 Å². The standard InChI is InChI=1S/C41H62O12/c1-20-10-15-41(46-19-20)21(2)34-33(53-41)18-30-28-17-32(31-16-27(48-23(4)42)11-13-39(31,8)29(28)12-14-40(30,34)9)52-38-37(51-26(7)45)36(50-25(6)44)35(22(3)47-38)49-24(5)43/h20-22,27-38H,10-19H2,1-9H3/t20-,21+,22-,27+,28-,29+,30+,31-,32+,33+,34+,35-,36+,37-,38+,39-,40+,41-/m1/s1. The predicted molar refractivity (Wildman–Crippen MR) is 189 cm³/mol. The van der Waals surface area contributed by atoms with E-state index >= 15 is 0 Å². The first-order valence-electron chi connectivity index (χ1n) is 20.3. The largest absolute Gasteiger partial charge is 0.463 e. The summed E-state index contributed by atoms with van der Waals surface area (Å²) in [6.07, 6.45) is 2.84. The quantitative estimate of drug-likeness (QED) is 0.182. The number of hydrogen-bond donors (Lipinski definition) is 0. The molecule has 7 fully saturated rings. The molecular formula is C41H62O12. The van der Waals surface area contributed by atoms with Crippen molar-refractivity contribution < 1.29 is 57.1 Å². The molecule has 7 aliphatic rings. The van der Waals surface area contributed by atoms with Crippen LogP contribution in [-0.2, 0) is 57.1 Å². The molecule has 0 bridgehead atoms. The molecule has 7 rings (SSSR count). The summed E-state index contributed by atoms with van der Waals surface area (Å²) in [5, 5.41) is 0. The fourth-order valence-corrected chi connectivity index (χ4v) is 13.0. The van der Waals surface area contributed by atoms with Crippen LogP contribution >= 0.6 is 0 Å². The van der Waals surface area contributed by atoms with E-state index in [1.807, 2.05) is 0 Å². The van der Waals surface area contributed by atoms with E-state index in [2.05, 4.69) is 27.7 Å². The molecule has 0 unspecified atom stereocenters.